The molecule has 33 heavy (non-hydrogen) atoms. The van der Waals surface area contributed by atoms with Crippen LogP contribution < -0.4 is 4.90 Å². The van der Waals surface area contributed by atoms with Crippen molar-refractivity contribution in [1.29, 1.82) is 0 Å². The van der Waals surface area contributed by atoms with E-state index in [-0.39, 0.29) is 12.0 Å². The van der Waals surface area contributed by atoms with E-state index in [0.29, 0.717) is 45.9 Å². The first kappa shape index (κ1) is 22.1. The topological polar surface area (TPSA) is 68.5 Å². The second kappa shape index (κ2) is 8.89. The van der Waals surface area contributed by atoms with E-state index in [0.717, 1.165) is 34.2 Å². The quantitative estimate of drug-likeness (QED) is 0.332. The molecule has 1 atom stereocenters. The molecule has 0 saturated carbocycles. The average Bonchev–Trinajstić information content (AvgIpc) is 3.55. The molecule has 0 bridgehead atoms. The van der Waals surface area contributed by atoms with Gasteiger partial charge in [0.15, 0.2) is 5.13 Å². The number of hydrogen-bond donors (Lipinski definition) is 0. The molecule has 3 heterocycles. The van der Waals surface area contributed by atoms with Crippen molar-refractivity contribution in [3.05, 3.63) is 63.9 Å². The largest absolute Gasteiger partial charge is 0.376 e. The maximum Gasteiger partial charge on any atom is 0.266 e. The zero-order valence-corrected chi connectivity index (χ0v) is 20.3. The summed E-state index contributed by atoms with van der Waals surface area (Å²) < 4.78 is 12.4. The molecule has 0 spiro atoms. The fourth-order valence-electron chi connectivity index (χ4n) is 4.20. The van der Waals surface area contributed by atoms with Gasteiger partial charge in [0.05, 0.1) is 27.9 Å². The minimum absolute atomic E-state index is 0.0351. The van der Waals surface area contributed by atoms with Gasteiger partial charge in [0, 0.05) is 12.2 Å². The lowest BCUT2D eigenvalue weighted by Gasteiger charge is -2.23. The van der Waals surface area contributed by atoms with Gasteiger partial charge in [-0.1, -0.05) is 58.4 Å². The summed E-state index contributed by atoms with van der Waals surface area (Å²) in [6.45, 7) is 6.98. The van der Waals surface area contributed by atoms with Gasteiger partial charge in [-0.2, -0.15) is 0 Å². The fraction of sp³-hybridized carbons (Fsp3) is 0.320. The van der Waals surface area contributed by atoms with Crippen LogP contribution >= 0.6 is 22.9 Å². The highest BCUT2D eigenvalue weighted by atomic mass is 35.5. The van der Waals surface area contributed by atoms with Crippen molar-refractivity contribution in [3.63, 3.8) is 0 Å². The van der Waals surface area contributed by atoms with E-state index >= 15 is 0 Å². The average molecular weight is 482 g/mol. The molecular weight excluding hydrogens is 458 g/mol. The number of thiazole rings is 1. The molecule has 0 unspecified atom stereocenters. The summed E-state index contributed by atoms with van der Waals surface area (Å²) in [4.78, 5) is 20.7. The third-order valence-corrected chi connectivity index (χ3v) is 7.57. The molecule has 4 aromatic rings. The number of fused-ring (bicyclic) bond motifs is 1. The second-order valence-corrected chi connectivity index (χ2v) is 9.75. The van der Waals surface area contributed by atoms with E-state index in [9.17, 15) is 4.79 Å². The third-order valence-electron chi connectivity index (χ3n) is 6.02. The summed E-state index contributed by atoms with van der Waals surface area (Å²) in [7, 11) is 0. The van der Waals surface area contributed by atoms with Gasteiger partial charge in [-0.15, -0.1) is 0 Å². The van der Waals surface area contributed by atoms with Crippen LogP contribution in [0, 0.1) is 20.8 Å². The number of rotatable bonds is 5. The molecule has 0 aliphatic carbocycles. The number of benzene rings is 2. The van der Waals surface area contributed by atoms with Gasteiger partial charge in [0.2, 0.25) is 0 Å². The summed E-state index contributed by atoms with van der Waals surface area (Å²) in [6, 6.07) is 11.5. The Labute approximate surface area is 201 Å². The van der Waals surface area contributed by atoms with Crippen molar-refractivity contribution in [2.45, 2.75) is 39.7 Å². The lowest BCUT2D eigenvalue weighted by atomic mass is 10.0. The monoisotopic (exact) mass is 481 g/mol. The molecule has 1 aliphatic rings. The number of anilines is 1. The Hall–Kier alpha value is -2.74. The maximum absolute atomic E-state index is 14.1. The molecule has 6 nitrogen and oxygen atoms in total. The van der Waals surface area contributed by atoms with Gasteiger partial charge in [-0.25, -0.2) is 4.98 Å². The summed E-state index contributed by atoms with van der Waals surface area (Å²) in [6.07, 6.45) is 1.86. The Morgan fingerprint density at radius 2 is 1.97 bits per heavy atom. The number of carbonyl (C=O) groups is 1. The van der Waals surface area contributed by atoms with E-state index in [1.807, 2.05) is 25.1 Å². The van der Waals surface area contributed by atoms with Gasteiger partial charge < -0.3 is 9.26 Å². The molecular formula is C25H24ClN3O3S. The van der Waals surface area contributed by atoms with Gasteiger partial charge in [-0.05, 0) is 50.8 Å². The zero-order valence-electron chi connectivity index (χ0n) is 18.7. The number of amides is 1. The Morgan fingerprint density at radius 1 is 1.18 bits per heavy atom. The van der Waals surface area contributed by atoms with Crippen LogP contribution in [0.4, 0.5) is 5.13 Å². The zero-order chi connectivity index (χ0) is 23.1. The summed E-state index contributed by atoms with van der Waals surface area (Å²) in [5.41, 5.74) is 4.64. The first-order valence-corrected chi connectivity index (χ1v) is 12.1. The van der Waals surface area contributed by atoms with Gasteiger partial charge >= 0.3 is 0 Å². The van der Waals surface area contributed by atoms with Crippen LogP contribution in [0.5, 0.6) is 0 Å². The van der Waals surface area contributed by atoms with Crippen LogP contribution in [0.2, 0.25) is 5.02 Å². The molecule has 0 N–H and O–H groups in total. The highest BCUT2D eigenvalue weighted by Gasteiger charge is 2.32. The summed E-state index contributed by atoms with van der Waals surface area (Å²) in [5, 5.41) is 5.35. The Kier molecular flexibility index (Phi) is 5.95. The molecule has 1 fully saturated rings. The number of halogens is 1. The molecule has 0 radical (unpaired) electrons. The molecule has 1 aliphatic heterocycles. The smallest absolute Gasteiger partial charge is 0.266 e. The first-order chi connectivity index (χ1) is 15.9. The number of hydrogen-bond acceptors (Lipinski definition) is 6. The molecule has 170 valence electrons. The molecule has 1 saturated heterocycles. The molecule has 1 amide bonds. The van der Waals surface area contributed by atoms with E-state index < -0.39 is 0 Å². The summed E-state index contributed by atoms with van der Waals surface area (Å²) in [5.74, 6) is 0.231. The Morgan fingerprint density at radius 3 is 2.70 bits per heavy atom. The minimum Gasteiger partial charge on any atom is -0.376 e. The predicted octanol–water partition coefficient (Wildman–Crippen LogP) is 6.36. The van der Waals surface area contributed by atoms with Gasteiger partial charge in [-0.3, -0.25) is 9.69 Å². The Balaban J connectivity index is 1.62. The van der Waals surface area contributed by atoms with Crippen LogP contribution in [0.15, 0.2) is 40.9 Å². The van der Waals surface area contributed by atoms with E-state index in [1.165, 1.54) is 11.3 Å². The summed E-state index contributed by atoms with van der Waals surface area (Å²) >= 11 is 7.96. The van der Waals surface area contributed by atoms with Crippen LogP contribution in [0.25, 0.3) is 21.5 Å². The highest BCUT2D eigenvalue weighted by molar-refractivity contribution is 7.22. The lowest BCUT2D eigenvalue weighted by molar-refractivity contribution is 0.0916. The fourth-order valence-corrected chi connectivity index (χ4v) is 5.54. The van der Waals surface area contributed by atoms with Gasteiger partial charge in [0.25, 0.3) is 5.91 Å². The highest BCUT2D eigenvalue weighted by Crippen LogP contribution is 2.37. The lowest BCUT2D eigenvalue weighted by Crippen LogP contribution is -2.37. The number of aromatic nitrogens is 2. The Bertz CT molecular complexity index is 1300. The van der Waals surface area contributed by atoms with Crippen molar-refractivity contribution in [2.75, 3.05) is 18.1 Å². The third kappa shape index (κ3) is 4.05. The van der Waals surface area contributed by atoms with Crippen molar-refractivity contribution >= 4 is 44.2 Å². The van der Waals surface area contributed by atoms with Crippen molar-refractivity contribution in [1.82, 2.24) is 10.1 Å². The number of carbonyl (C=O) groups excluding carboxylic acids is 1. The normalized spacial score (nSPS) is 15.9. The van der Waals surface area contributed by atoms with Crippen molar-refractivity contribution < 1.29 is 14.1 Å². The van der Waals surface area contributed by atoms with Crippen molar-refractivity contribution in [3.8, 4) is 11.3 Å². The minimum atomic E-state index is -0.214. The van der Waals surface area contributed by atoms with Crippen LogP contribution in [-0.2, 0) is 4.74 Å². The van der Waals surface area contributed by atoms with Crippen LogP contribution in [0.1, 0.15) is 40.1 Å². The second-order valence-electron chi connectivity index (χ2n) is 8.37. The van der Waals surface area contributed by atoms with E-state index in [1.54, 1.807) is 17.9 Å². The van der Waals surface area contributed by atoms with Crippen molar-refractivity contribution in [2.24, 2.45) is 0 Å². The van der Waals surface area contributed by atoms with E-state index in [4.69, 9.17) is 25.8 Å². The van der Waals surface area contributed by atoms with Crippen LogP contribution in [-0.4, -0.2) is 35.3 Å². The molecule has 2 aromatic heterocycles. The van der Waals surface area contributed by atoms with E-state index in [2.05, 4.69) is 24.2 Å². The first-order valence-electron chi connectivity index (χ1n) is 11.0. The number of ether oxygens (including phenoxy) is 1. The molecule has 8 heteroatoms. The van der Waals surface area contributed by atoms with Gasteiger partial charge in [0.1, 0.15) is 17.0 Å². The van der Waals surface area contributed by atoms with Crippen LogP contribution in [0.3, 0.4) is 0 Å². The predicted molar refractivity (Wildman–Crippen MR) is 131 cm³/mol. The standard InChI is InChI=1S/C25H24ClN3O3S/c1-14-10-11-15(2)23-21(14)27-25(33-23)29(13-17-7-6-12-31-17)24(30)20-16(3)32-28-22(20)18-8-4-5-9-19(18)26/h4-5,8-11,17H,6-7,12-13H2,1-3H3/t17-/m0/s1. The molecule has 5 rings (SSSR count). The SMILES string of the molecule is Cc1onc(-c2ccccc2Cl)c1C(=O)N(C[C@@H]1CCCO1)c1nc2c(C)ccc(C)c2s1. The number of nitrogens with zero attached hydrogens (tertiary/aromatic N) is 3. The number of aryl methyl sites for hydroxylation is 3. The maximum atomic E-state index is 14.1. The molecule has 2 aromatic carbocycles.